The van der Waals surface area contributed by atoms with Gasteiger partial charge in [0.05, 0.1) is 6.61 Å². The van der Waals surface area contributed by atoms with Crippen molar-refractivity contribution in [1.29, 1.82) is 0 Å². The van der Waals surface area contributed by atoms with Gasteiger partial charge < -0.3 is 16.2 Å². The molecular weight excluding hydrogens is 176 g/mol. The lowest BCUT2D eigenvalue weighted by atomic mass is 10.1. The minimum Gasteiger partial charge on any atom is -0.392 e. The Morgan fingerprint density at radius 1 is 1.29 bits per heavy atom. The highest BCUT2D eigenvalue weighted by atomic mass is 16.3. The van der Waals surface area contributed by atoms with E-state index < -0.39 is 0 Å². The Labute approximate surface area is 84.9 Å². The highest BCUT2D eigenvalue weighted by Gasteiger charge is 1.95. The van der Waals surface area contributed by atoms with Gasteiger partial charge in [0.2, 0.25) is 0 Å². The molecule has 0 radical (unpaired) electrons. The number of benzene rings is 1. The van der Waals surface area contributed by atoms with Crippen LogP contribution in [0.15, 0.2) is 24.3 Å². The van der Waals surface area contributed by atoms with Crippen LogP contribution in [0.3, 0.4) is 0 Å². The van der Waals surface area contributed by atoms with E-state index in [1.807, 2.05) is 31.2 Å². The Kier molecular flexibility index (Phi) is 4.59. The smallest absolute Gasteiger partial charge is 0.0681 e. The van der Waals surface area contributed by atoms with E-state index in [1.54, 1.807) is 0 Å². The molecule has 0 aliphatic rings. The molecule has 14 heavy (non-hydrogen) atoms. The molecule has 0 heterocycles. The minimum absolute atomic E-state index is 0.105. The summed E-state index contributed by atoms with van der Waals surface area (Å²) in [5.74, 6) is 0. The van der Waals surface area contributed by atoms with E-state index in [9.17, 15) is 0 Å². The summed E-state index contributed by atoms with van der Waals surface area (Å²) in [5, 5.41) is 12.1. The number of hydrogen-bond acceptors (Lipinski definition) is 3. The van der Waals surface area contributed by atoms with Gasteiger partial charge in [-0.15, -0.1) is 0 Å². The fraction of sp³-hybridized carbons (Fsp3) is 0.455. The third kappa shape index (κ3) is 3.87. The molecule has 3 heteroatoms. The maximum Gasteiger partial charge on any atom is 0.0681 e. The van der Waals surface area contributed by atoms with Crippen LogP contribution in [0.25, 0.3) is 0 Å². The molecule has 0 saturated carbocycles. The summed E-state index contributed by atoms with van der Waals surface area (Å²) in [5.41, 5.74) is 7.76. The molecule has 78 valence electrons. The minimum atomic E-state index is 0.105. The standard InChI is InChI=1S/C11H18N2O/c1-9(12)6-13-7-10-2-4-11(8-14)5-3-10/h2-5,9,13-14H,6-8,12H2,1H3. The van der Waals surface area contributed by atoms with Crippen LogP contribution in [0.2, 0.25) is 0 Å². The van der Waals surface area contributed by atoms with E-state index in [0.29, 0.717) is 0 Å². The van der Waals surface area contributed by atoms with Crippen LogP contribution in [0.1, 0.15) is 18.1 Å². The van der Waals surface area contributed by atoms with Gasteiger partial charge in [0.25, 0.3) is 0 Å². The summed E-state index contributed by atoms with van der Waals surface area (Å²) in [6.45, 7) is 3.73. The van der Waals surface area contributed by atoms with Gasteiger partial charge in [-0.05, 0) is 18.1 Å². The van der Waals surface area contributed by atoms with Gasteiger partial charge in [-0.25, -0.2) is 0 Å². The van der Waals surface area contributed by atoms with E-state index in [1.165, 1.54) is 5.56 Å². The fourth-order valence-corrected chi connectivity index (χ4v) is 1.21. The van der Waals surface area contributed by atoms with Gasteiger partial charge in [-0.2, -0.15) is 0 Å². The van der Waals surface area contributed by atoms with Crippen molar-refractivity contribution in [2.75, 3.05) is 6.54 Å². The second-order valence-corrected chi connectivity index (χ2v) is 3.58. The molecule has 0 amide bonds. The summed E-state index contributed by atoms with van der Waals surface area (Å²) in [7, 11) is 0. The zero-order chi connectivity index (χ0) is 10.4. The van der Waals surface area contributed by atoms with Crippen LogP contribution < -0.4 is 11.1 Å². The molecule has 0 aliphatic heterocycles. The SMILES string of the molecule is CC(N)CNCc1ccc(CO)cc1. The lowest BCUT2D eigenvalue weighted by Crippen LogP contribution is -2.30. The van der Waals surface area contributed by atoms with Gasteiger partial charge in [-0.1, -0.05) is 24.3 Å². The van der Waals surface area contributed by atoms with Gasteiger partial charge >= 0.3 is 0 Å². The Morgan fingerprint density at radius 2 is 1.86 bits per heavy atom. The molecule has 4 N–H and O–H groups in total. The van der Waals surface area contributed by atoms with Gasteiger partial charge in [0.15, 0.2) is 0 Å². The Balaban J connectivity index is 2.36. The number of nitrogens with two attached hydrogens (primary N) is 1. The van der Waals surface area contributed by atoms with Crippen LogP contribution in [0, 0.1) is 0 Å². The van der Waals surface area contributed by atoms with Crippen molar-refractivity contribution in [3.63, 3.8) is 0 Å². The highest BCUT2D eigenvalue weighted by molar-refractivity contribution is 5.21. The first-order valence-electron chi connectivity index (χ1n) is 4.87. The predicted molar refractivity (Wildman–Crippen MR) is 57.7 cm³/mol. The zero-order valence-electron chi connectivity index (χ0n) is 8.53. The van der Waals surface area contributed by atoms with E-state index in [4.69, 9.17) is 10.8 Å². The molecule has 1 atom stereocenters. The predicted octanol–water partition coefficient (Wildman–Crippen LogP) is 0.616. The molecule has 1 unspecified atom stereocenters. The monoisotopic (exact) mass is 194 g/mol. The first kappa shape index (κ1) is 11.2. The first-order chi connectivity index (χ1) is 6.72. The molecule has 1 aromatic rings. The van der Waals surface area contributed by atoms with Crippen LogP contribution in [0.4, 0.5) is 0 Å². The lowest BCUT2D eigenvalue weighted by molar-refractivity contribution is 0.282. The molecule has 0 spiro atoms. The molecule has 0 saturated heterocycles. The summed E-state index contributed by atoms with van der Waals surface area (Å²) >= 11 is 0. The topological polar surface area (TPSA) is 58.3 Å². The summed E-state index contributed by atoms with van der Waals surface area (Å²) in [6.07, 6.45) is 0. The van der Waals surface area contributed by atoms with Crippen molar-refractivity contribution in [2.24, 2.45) is 5.73 Å². The number of rotatable bonds is 5. The number of aliphatic hydroxyl groups is 1. The van der Waals surface area contributed by atoms with Crippen LogP contribution >= 0.6 is 0 Å². The summed E-state index contributed by atoms with van der Waals surface area (Å²) in [6, 6.07) is 8.08. The van der Waals surface area contributed by atoms with E-state index in [-0.39, 0.29) is 12.6 Å². The number of nitrogens with one attached hydrogen (secondary N) is 1. The molecule has 3 nitrogen and oxygen atoms in total. The van der Waals surface area contributed by atoms with Crippen molar-refractivity contribution in [3.05, 3.63) is 35.4 Å². The van der Waals surface area contributed by atoms with Crippen molar-refractivity contribution in [1.82, 2.24) is 5.32 Å². The van der Waals surface area contributed by atoms with Crippen LogP contribution in [-0.2, 0) is 13.2 Å². The second kappa shape index (κ2) is 5.75. The molecule has 0 aliphatic carbocycles. The van der Waals surface area contributed by atoms with E-state index >= 15 is 0 Å². The molecule has 0 bridgehead atoms. The van der Waals surface area contributed by atoms with Crippen molar-refractivity contribution in [2.45, 2.75) is 26.1 Å². The van der Waals surface area contributed by atoms with Crippen molar-refractivity contribution >= 4 is 0 Å². The third-order valence-corrected chi connectivity index (χ3v) is 2.00. The maximum absolute atomic E-state index is 8.85. The largest absolute Gasteiger partial charge is 0.392 e. The summed E-state index contributed by atoms with van der Waals surface area (Å²) < 4.78 is 0. The number of aliphatic hydroxyl groups excluding tert-OH is 1. The average molecular weight is 194 g/mol. The van der Waals surface area contributed by atoms with Crippen LogP contribution in [0.5, 0.6) is 0 Å². The Bertz CT molecular complexity index is 256. The lowest BCUT2D eigenvalue weighted by Gasteiger charge is -2.07. The molecule has 1 rings (SSSR count). The van der Waals surface area contributed by atoms with Gasteiger partial charge in [-0.3, -0.25) is 0 Å². The Hall–Kier alpha value is -0.900. The fourth-order valence-electron chi connectivity index (χ4n) is 1.21. The molecule has 0 aromatic heterocycles. The Morgan fingerprint density at radius 3 is 2.36 bits per heavy atom. The molecule has 1 aromatic carbocycles. The van der Waals surface area contributed by atoms with Gasteiger partial charge in [0, 0.05) is 19.1 Å². The first-order valence-corrected chi connectivity index (χ1v) is 4.87. The van der Waals surface area contributed by atoms with E-state index in [2.05, 4.69) is 5.32 Å². The maximum atomic E-state index is 8.85. The highest BCUT2D eigenvalue weighted by Crippen LogP contribution is 2.03. The molecule has 0 fully saturated rings. The van der Waals surface area contributed by atoms with Gasteiger partial charge in [0.1, 0.15) is 0 Å². The molecular formula is C11H18N2O. The second-order valence-electron chi connectivity index (χ2n) is 3.58. The quantitative estimate of drug-likeness (QED) is 0.644. The third-order valence-electron chi connectivity index (χ3n) is 2.00. The normalized spacial score (nSPS) is 12.8. The van der Waals surface area contributed by atoms with Crippen LogP contribution in [-0.4, -0.2) is 17.7 Å². The average Bonchev–Trinajstić information content (AvgIpc) is 2.18. The zero-order valence-corrected chi connectivity index (χ0v) is 8.53. The summed E-state index contributed by atoms with van der Waals surface area (Å²) in [4.78, 5) is 0. The van der Waals surface area contributed by atoms with E-state index in [0.717, 1.165) is 18.7 Å². The van der Waals surface area contributed by atoms with Crippen molar-refractivity contribution < 1.29 is 5.11 Å². The number of hydrogen-bond donors (Lipinski definition) is 3. The van der Waals surface area contributed by atoms with Crippen molar-refractivity contribution in [3.8, 4) is 0 Å².